The molecule has 4 heteroatoms. The second-order valence-electron chi connectivity index (χ2n) is 8.22. The number of quaternary nitrogens is 1. The largest absolute Gasteiger partial charge is 0.463 e. The van der Waals surface area contributed by atoms with Crippen molar-refractivity contribution in [1.29, 1.82) is 0 Å². The molecule has 0 fully saturated rings. The molecule has 0 aromatic heterocycles. The molecule has 0 aromatic rings. The van der Waals surface area contributed by atoms with Crippen molar-refractivity contribution in [2.75, 3.05) is 47.0 Å². The molecule has 0 heterocycles. The van der Waals surface area contributed by atoms with E-state index in [2.05, 4.69) is 21.0 Å². The van der Waals surface area contributed by atoms with E-state index in [-0.39, 0.29) is 5.97 Å². The quantitative estimate of drug-likeness (QED) is 0.174. The summed E-state index contributed by atoms with van der Waals surface area (Å²) in [6.45, 7) is 7.52. The van der Waals surface area contributed by atoms with Crippen molar-refractivity contribution in [2.24, 2.45) is 0 Å². The SMILES string of the molecule is CCCCCCCCCCCCCC[N+](C)(C)CCOCCOC(C)=O. The summed E-state index contributed by atoms with van der Waals surface area (Å²) in [5.41, 5.74) is 0. The first-order valence-corrected chi connectivity index (χ1v) is 11.0. The van der Waals surface area contributed by atoms with Crippen LogP contribution in [0, 0.1) is 0 Å². The van der Waals surface area contributed by atoms with Gasteiger partial charge >= 0.3 is 5.97 Å². The Labute approximate surface area is 163 Å². The second-order valence-corrected chi connectivity index (χ2v) is 8.22. The van der Waals surface area contributed by atoms with Gasteiger partial charge in [-0.2, -0.15) is 0 Å². The summed E-state index contributed by atoms with van der Waals surface area (Å²) in [6.07, 6.45) is 16.8. The second kappa shape index (κ2) is 17.8. The molecule has 0 unspecified atom stereocenters. The van der Waals surface area contributed by atoms with Crippen LogP contribution in [-0.2, 0) is 14.3 Å². The Morgan fingerprint density at radius 1 is 0.692 bits per heavy atom. The molecule has 0 rings (SSSR count). The highest BCUT2D eigenvalue weighted by atomic mass is 16.6. The van der Waals surface area contributed by atoms with E-state index in [9.17, 15) is 4.79 Å². The smallest absolute Gasteiger partial charge is 0.302 e. The Kier molecular flexibility index (Phi) is 17.4. The van der Waals surface area contributed by atoms with Gasteiger partial charge in [0.15, 0.2) is 0 Å². The van der Waals surface area contributed by atoms with Crippen molar-refractivity contribution in [3.63, 3.8) is 0 Å². The first-order chi connectivity index (χ1) is 12.5. The Balaban J connectivity index is 3.33. The molecule has 0 saturated heterocycles. The molecular formula is C22H46NO3+. The van der Waals surface area contributed by atoms with E-state index < -0.39 is 0 Å². The minimum Gasteiger partial charge on any atom is -0.463 e. The lowest BCUT2D eigenvalue weighted by Crippen LogP contribution is -2.43. The zero-order valence-corrected chi connectivity index (χ0v) is 18.2. The first kappa shape index (κ1) is 25.4. The highest BCUT2D eigenvalue weighted by Crippen LogP contribution is 2.12. The standard InChI is InChI=1S/C22H46NO3/c1-5-6-7-8-9-10-11-12-13-14-15-16-17-23(3,4)18-19-25-20-21-26-22(2)24/h5-21H2,1-4H3/q+1. The van der Waals surface area contributed by atoms with E-state index in [0.29, 0.717) is 13.2 Å². The fourth-order valence-corrected chi connectivity index (χ4v) is 3.15. The van der Waals surface area contributed by atoms with Crippen molar-refractivity contribution in [2.45, 2.75) is 90.9 Å². The summed E-state index contributed by atoms with van der Waals surface area (Å²) >= 11 is 0. The number of esters is 1. The van der Waals surface area contributed by atoms with Gasteiger partial charge in [0, 0.05) is 6.92 Å². The number of unbranched alkanes of at least 4 members (excludes halogenated alkanes) is 11. The molecule has 0 aliphatic heterocycles. The number of carbonyl (C=O) groups excluding carboxylic acids is 1. The molecule has 0 atom stereocenters. The molecule has 4 nitrogen and oxygen atoms in total. The van der Waals surface area contributed by atoms with Gasteiger partial charge in [0.1, 0.15) is 13.2 Å². The maximum Gasteiger partial charge on any atom is 0.302 e. The normalized spacial score (nSPS) is 11.7. The van der Waals surface area contributed by atoms with E-state index >= 15 is 0 Å². The molecule has 0 bridgehead atoms. The molecule has 0 radical (unpaired) electrons. The summed E-state index contributed by atoms with van der Waals surface area (Å²) in [5, 5.41) is 0. The highest BCUT2D eigenvalue weighted by molar-refractivity contribution is 5.65. The number of hydrogen-bond acceptors (Lipinski definition) is 3. The Hall–Kier alpha value is -0.610. The third kappa shape index (κ3) is 19.7. The van der Waals surface area contributed by atoms with Crippen molar-refractivity contribution in [1.82, 2.24) is 0 Å². The zero-order valence-electron chi connectivity index (χ0n) is 18.2. The third-order valence-corrected chi connectivity index (χ3v) is 4.99. The Bertz CT molecular complexity index is 319. The van der Waals surface area contributed by atoms with Crippen molar-refractivity contribution in [3.05, 3.63) is 0 Å². The molecule has 0 aromatic carbocycles. The summed E-state index contributed by atoms with van der Waals surface area (Å²) < 4.78 is 11.4. The first-order valence-electron chi connectivity index (χ1n) is 11.0. The van der Waals surface area contributed by atoms with Crippen LogP contribution in [0.25, 0.3) is 0 Å². The van der Waals surface area contributed by atoms with E-state index in [1.54, 1.807) is 0 Å². The lowest BCUT2D eigenvalue weighted by molar-refractivity contribution is -0.891. The lowest BCUT2D eigenvalue weighted by Gasteiger charge is -2.29. The molecule has 0 amide bonds. The summed E-state index contributed by atoms with van der Waals surface area (Å²) in [4.78, 5) is 10.6. The molecular weight excluding hydrogens is 326 g/mol. The van der Waals surface area contributed by atoms with Crippen LogP contribution >= 0.6 is 0 Å². The fraction of sp³-hybridized carbons (Fsp3) is 0.955. The molecule has 0 saturated carbocycles. The van der Waals surface area contributed by atoms with Gasteiger partial charge in [-0.3, -0.25) is 4.79 Å². The third-order valence-electron chi connectivity index (χ3n) is 4.99. The number of ether oxygens (including phenoxy) is 2. The van der Waals surface area contributed by atoms with Crippen LogP contribution in [-0.4, -0.2) is 57.5 Å². The number of carbonyl (C=O) groups is 1. The average molecular weight is 373 g/mol. The van der Waals surface area contributed by atoms with Gasteiger partial charge in [-0.15, -0.1) is 0 Å². The minimum atomic E-state index is -0.239. The van der Waals surface area contributed by atoms with Crippen molar-refractivity contribution < 1.29 is 18.8 Å². The number of nitrogens with zero attached hydrogens (tertiary/aromatic N) is 1. The van der Waals surface area contributed by atoms with Crippen LogP contribution < -0.4 is 0 Å². The average Bonchev–Trinajstić information content (AvgIpc) is 2.58. The summed E-state index contributed by atoms with van der Waals surface area (Å²) in [6, 6.07) is 0. The fourth-order valence-electron chi connectivity index (χ4n) is 3.15. The van der Waals surface area contributed by atoms with Gasteiger partial charge in [-0.1, -0.05) is 71.1 Å². The molecule has 156 valence electrons. The predicted octanol–water partition coefficient (Wildman–Crippen LogP) is 5.34. The van der Waals surface area contributed by atoms with E-state index in [1.807, 2.05) is 0 Å². The van der Waals surface area contributed by atoms with Gasteiger partial charge in [0.2, 0.25) is 0 Å². The summed E-state index contributed by atoms with van der Waals surface area (Å²) in [5.74, 6) is -0.239. The molecule has 0 aliphatic carbocycles. The number of likely N-dealkylation sites (N-methyl/N-ethyl adjacent to an activating group) is 1. The maximum absolute atomic E-state index is 10.6. The van der Waals surface area contributed by atoms with Crippen LogP contribution in [0.2, 0.25) is 0 Å². The van der Waals surface area contributed by atoms with Gasteiger partial charge < -0.3 is 14.0 Å². The number of rotatable bonds is 19. The molecule has 0 aliphatic rings. The highest BCUT2D eigenvalue weighted by Gasteiger charge is 2.13. The van der Waals surface area contributed by atoms with E-state index in [0.717, 1.165) is 17.6 Å². The van der Waals surface area contributed by atoms with Crippen LogP contribution in [0.4, 0.5) is 0 Å². The molecule has 0 spiro atoms. The van der Waals surface area contributed by atoms with Gasteiger partial charge in [0.05, 0.1) is 33.9 Å². The van der Waals surface area contributed by atoms with Crippen molar-refractivity contribution in [3.8, 4) is 0 Å². The predicted molar refractivity (Wildman–Crippen MR) is 110 cm³/mol. The monoisotopic (exact) mass is 372 g/mol. The summed E-state index contributed by atoms with van der Waals surface area (Å²) in [7, 11) is 4.54. The topological polar surface area (TPSA) is 35.5 Å². The minimum absolute atomic E-state index is 0.239. The van der Waals surface area contributed by atoms with Gasteiger partial charge in [-0.25, -0.2) is 0 Å². The van der Waals surface area contributed by atoms with Crippen LogP contribution in [0.5, 0.6) is 0 Å². The van der Waals surface area contributed by atoms with Crippen LogP contribution in [0.3, 0.4) is 0 Å². The zero-order chi connectivity index (χ0) is 19.5. The van der Waals surface area contributed by atoms with Crippen LogP contribution in [0.1, 0.15) is 90.9 Å². The van der Waals surface area contributed by atoms with Gasteiger partial charge in [0.25, 0.3) is 0 Å². The van der Waals surface area contributed by atoms with E-state index in [4.69, 9.17) is 9.47 Å². The Morgan fingerprint density at radius 3 is 1.69 bits per heavy atom. The maximum atomic E-state index is 10.6. The molecule has 0 N–H and O–H groups in total. The number of hydrogen-bond donors (Lipinski definition) is 0. The van der Waals surface area contributed by atoms with Gasteiger partial charge in [-0.05, 0) is 12.8 Å². The van der Waals surface area contributed by atoms with Crippen LogP contribution in [0.15, 0.2) is 0 Å². The van der Waals surface area contributed by atoms with E-state index in [1.165, 1.54) is 90.5 Å². The lowest BCUT2D eigenvalue weighted by atomic mass is 10.1. The molecule has 26 heavy (non-hydrogen) atoms. The Morgan fingerprint density at radius 2 is 1.19 bits per heavy atom. The van der Waals surface area contributed by atoms with Crippen molar-refractivity contribution >= 4 is 5.97 Å².